The van der Waals surface area contributed by atoms with E-state index in [1.807, 2.05) is 0 Å². The van der Waals surface area contributed by atoms with Gasteiger partial charge in [0.25, 0.3) is 0 Å². The molecule has 2 atom stereocenters. The van der Waals surface area contributed by atoms with Crippen molar-refractivity contribution in [3.05, 3.63) is 11.5 Å². The monoisotopic (exact) mass is 521 g/mol. The standard InChI is InChI=1S/C6H12N2.H4O7P2.2H2O.Pt/c7-5-3-1-2-4-6(5)8;1-8(2,3)7-9(4,5)6;;;/h5-8H,1-4H2;(H2,1,2,3)(H2,4,5,6);2*1H2;/q-2;;;;+2/t5-,6+;;;;. The Kier molecular flexibility index (Phi) is 17.8. The van der Waals surface area contributed by atoms with Gasteiger partial charge in [-0.1, -0.05) is 25.7 Å². The van der Waals surface area contributed by atoms with Crippen molar-refractivity contribution in [3.63, 3.8) is 0 Å². The van der Waals surface area contributed by atoms with Crippen LogP contribution in [0.15, 0.2) is 0 Å². The van der Waals surface area contributed by atoms with E-state index in [0.29, 0.717) is 0 Å². The van der Waals surface area contributed by atoms with Crippen LogP contribution in [0, 0.1) is 0 Å². The molecular weight excluding hydrogens is 501 g/mol. The zero-order valence-corrected chi connectivity index (χ0v) is 14.3. The summed E-state index contributed by atoms with van der Waals surface area (Å²) >= 11 is 0. The molecule has 14 heteroatoms. The summed E-state index contributed by atoms with van der Waals surface area (Å²) in [6.45, 7) is 0. The molecule has 128 valence electrons. The SMILES string of the molecule is O.O.O=P(O)(O)OP(=O)(O)O.[NH-][C@@H]1CCCC[C@@H]1[NH-].[Pt+2]. The Morgan fingerprint density at radius 3 is 1.20 bits per heavy atom. The molecule has 1 rings (SSSR count). The zero-order valence-electron chi connectivity index (χ0n) is 10.2. The largest absolute Gasteiger partial charge is 2.00 e. The summed E-state index contributed by atoms with van der Waals surface area (Å²) in [6.07, 6.45) is 4.25. The van der Waals surface area contributed by atoms with Crippen LogP contribution in [0.4, 0.5) is 0 Å². The van der Waals surface area contributed by atoms with E-state index in [1.165, 1.54) is 12.8 Å². The maximum Gasteiger partial charge on any atom is 2.00 e. The Hall–Kier alpha value is 0.788. The smallest absolute Gasteiger partial charge is 0.676 e. The van der Waals surface area contributed by atoms with E-state index >= 15 is 0 Å². The Morgan fingerprint density at radius 2 is 1.10 bits per heavy atom. The number of rotatable bonds is 2. The van der Waals surface area contributed by atoms with Crippen LogP contribution in [0.5, 0.6) is 0 Å². The van der Waals surface area contributed by atoms with Crippen molar-refractivity contribution in [1.82, 2.24) is 0 Å². The summed E-state index contributed by atoms with van der Waals surface area (Å²) in [7, 11) is -10.1. The van der Waals surface area contributed by atoms with Crippen molar-refractivity contribution in [1.29, 1.82) is 0 Å². The minimum atomic E-state index is -5.05. The van der Waals surface area contributed by atoms with Gasteiger partial charge in [-0.05, 0) is 0 Å². The average molecular weight is 521 g/mol. The van der Waals surface area contributed by atoms with Gasteiger partial charge in [-0.3, -0.25) is 0 Å². The molecule has 0 aliphatic heterocycles. The van der Waals surface area contributed by atoms with Crippen LogP contribution in [0.1, 0.15) is 25.7 Å². The Labute approximate surface area is 130 Å². The number of hydrogen-bond donors (Lipinski definition) is 4. The van der Waals surface area contributed by atoms with Crippen molar-refractivity contribution in [2.45, 2.75) is 37.8 Å². The summed E-state index contributed by atoms with van der Waals surface area (Å²) < 4.78 is 22.2. The summed E-state index contributed by atoms with van der Waals surface area (Å²) in [5.41, 5.74) is 14.6. The van der Waals surface area contributed by atoms with Gasteiger partial charge in [0.15, 0.2) is 0 Å². The second-order valence-corrected chi connectivity index (χ2v) is 6.18. The molecule has 0 saturated heterocycles. The maximum atomic E-state index is 9.63. The fourth-order valence-corrected chi connectivity index (χ4v) is 2.38. The first-order chi connectivity index (χ1) is 7.51. The van der Waals surface area contributed by atoms with Crippen LogP contribution < -0.4 is 0 Å². The molecule has 1 fully saturated rings. The van der Waals surface area contributed by atoms with Crippen LogP contribution >= 0.6 is 15.6 Å². The van der Waals surface area contributed by atoms with Gasteiger partial charge in [-0.15, -0.1) is 0 Å². The third-order valence-corrected chi connectivity index (χ3v) is 3.68. The Bertz CT molecular complexity index is 292. The zero-order chi connectivity index (χ0) is 13.7. The van der Waals surface area contributed by atoms with Gasteiger partial charge in [0.1, 0.15) is 0 Å². The topological polar surface area (TPSA) is 235 Å². The Balaban J connectivity index is -0.000000112. The fraction of sp³-hybridized carbons (Fsp3) is 1.00. The minimum Gasteiger partial charge on any atom is -0.676 e. The molecule has 0 heterocycles. The quantitative estimate of drug-likeness (QED) is 0.361. The number of hydrogen-bond acceptors (Lipinski definition) is 3. The van der Waals surface area contributed by atoms with Crippen molar-refractivity contribution in [2.24, 2.45) is 0 Å². The summed E-state index contributed by atoms with van der Waals surface area (Å²) in [5.74, 6) is 0. The van der Waals surface area contributed by atoms with Crippen LogP contribution in [-0.4, -0.2) is 42.6 Å². The molecule has 0 unspecified atom stereocenters. The van der Waals surface area contributed by atoms with Gasteiger partial charge in [-0.2, -0.15) is 16.4 Å². The van der Waals surface area contributed by atoms with Crippen LogP contribution in [0.25, 0.3) is 11.5 Å². The van der Waals surface area contributed by atoms with Gasteiger partial charge < -0.3 is 42.0 Å². The number of nitrogens with one attached hydrogen (secondary N) is 2. The van der Waals surface area contributed by atoms with E-state index < -0.39 is 15.6 Å². The molecule has 0 amide bonds. The molecule has 10 N–H and O–H groups in total. The molecule has 0 aromatic rings. The Morgan fingerprint density at radius 1 is 0.850 bits per heavy atom. The van der Waals surface area contributed by atoms with Gasteiger partial charge in [0.05, 0.1) is 0 Å². The molecule has 0 aromatic heterocycles. The van der Waals surface area contributed by atoms with E-state index in [9.17, 15) is 9.13 Å². The maximum absolute atomic E-state index is 9.63. The predicted octanol–water partition coefficient (Wildman–Crippen LogP) is -0.0615. The summed E-state index contributed by atoms with van der Waals surface area (Å²) in [4.78, 5) is 31.0. The molecule has 0 bridgehead atoms. The third kappa shape index (κ3) is 18.8. The van der Waals surface area contributed by atoms with E-state index in [1.54, 1.807) is 0 Å². The molecule has 11 nitrogen and oxygen atoms in total. The summed E-state index contributed by atoms with van der Waals surface area (Å²) in [5, 5.41) is 0. The average Bonchev–Trinajstić information content (AvgIpc) is 2.04. The van der Waals surface area contributed by atoms with E-state index in [4.69, 9.17) is 31.0 Å². The first-order valence-corrected chi connectivity index (χ1v) is 7.82. The van der Waals surface area contributed by atoms with E-state index in [-0.39, 0.29) is 44.1 Å². The van der Waals surface area contributed by atoms with Gasteiger partial charge in [0.2, 0.25) is 0 Å². The second kappa shape index (κ2) is 12.3. The van der Waals surface area contributed by atoms with Crippen molar-refractivity contribution >= 4 is 15.6 Å². The van der Waals surface area contributed by atoms with Gasteiger partial charge >= 0.3 is 36.7 Å². The van der Waals surface area contributed by atoms with E-state index in [2.05, 4.69) is 4.31 Å². The molecule has 0 spiro atoms. The molecule has 0 aromatic carbocycles. The fourth-order valence-electron chi connectivity index (χ4n) is 1.27. The summed E-state index contributed by atoms with van der Waals surface area (Å²) in [6, 6.07) is -0.160. The molecule has 1 saturated carbocycles. The van der Waals surface area contributed by atoms with Crippen molar-refractivity contribution in [2.75, 3.05) is 0 Å². The normalized spacial score (nSPS) is 22.1. The van der Waals surface area contributed by atoms with Gasteiger partial charge in [-0.25, -0.2) is 9.13 Å². The third-order valence-electron chi connectivity index (χ3n) is 1.98. The minimum absolute atomic E-state index is 0. The predicted molar refractivity (Wildman–Crippen MR) is 67.1 cm³/mol. The van der Waals surface area contributed by atoms with Crippen LogP contribution in [0.2, 0.25) is 0 Å². The van der Waals surface area contributed by atoms with Gasteiger partial charge in [0, 0.05) is 0 Å². The molecular formula is C6H20N2O9P2Pt. The van der Waals surface area contributed by atoms with Crippen LogP contribution in [-0.2, 0) is 34.5 Å². The molecule has 1 aliphatic carbocycles. The first-order valence-electron chi connectivity index (χ1n) is 4.76. The van der Waals surface area contributed by atoms with Crippen LogP contribution in [0.3, 0.4) is 0 Å². The number of phosphoric acid groups is 2. The van der Waals surface area contributed by atoms with Crippen molar-refractivity contribution < 1.29 is 65.0 Å². The first kappa shape index (κ1) is 28.9. The van der Waals surface area contributed by atoms with Crippen molar-refractivity contribution in [3.8, 4) is 0 Å². The molecule has 20 heavy (non-hydrogen) atoms. The molecule has 0 radical (unpaired) electrons. The van der Waals surface area contributed by atoms with E-state index in [0.717, 1.165) is 12.8 Å². The second-order valence-electron chi connectivity index (χ2n) is 3.56. The molecule has 1 aliphatic rings.